The van der Waals surface area contributed by atoms with Crippen LogP contribution in [0.25, 0.3) is 10.4 Å². The van der Waals surface area contributed by atoms with E-state index >= 15 is 0 Å². The number of carbonyl (C=O) groups is 1. The monoisotopic (exact) mass is 258 g/mol. The molecule has 1 rings (SSSR count). The summed E-state index contributed by atoms with van der Waals surface area (Å²) in [4.78, 5) is 14.5. The second-order valence-corrected chi connectivity index (χ2v) is 5.56. The molecule has 0 spiro atoms. The van der Waals surface area contributed by atoms with Crippen LogP contribution < -0.4 is 5.32 Å². The zero-order valence-electron chi connectivity index (χ0n) is 10.2. The van der Waals surface area contributed by atoms with Crippen molar-refractivity contribution in [3.05, 3.63) is 10.4 Å². The zero-order chi connectivity index (χ0) is 12.7. The van der Waals surface area contributed by atoms with Gasteiger partial charge in [-0.15, -0.1) is 0 Å². The number of azide groups is 1. The molecule has 1 heterocycles. The number of thioether (sulfide) groups is 1. The summed E-state index contributed by atoms with van der Waals surface area (Å²) < 4.78 is 4.87. The number of methoxy groups -OCH3 is 1. The summed E-state index contributed by atoms with van der Waals surface area (Å²) >= 11 is 1.77. The zero-order valence-corrected chi connectivity index (χ0v) is 11.0. The molecule has 0 amide bonds. The highest BCUT2D eigenvalue weighted by atomic mass is 32.2. The van der Waals surface area contributed by atoms with Crippen molar-refractivity contribution in [2.75, 3.05) is 26.0 Å². The Labute approximate surface area is 105 Å². The Morgan fingerprint density at radius 1 is 1.76 bits per heavy atom. The summed E-state index contributed by atoms with van der Waals surface area (Å²) in [5.74, 6) is 0.542. The number of hydrogen-bond acceptors (Lipinski definition) is 5. The Morgan fingerprint density at radius 3 is 3.06 bits per heavy atom. The van der Waals surface area contributed by atoms with E-state index in [9.17, 15) is 4.79 Å². The highest BCUT2D eigenvalue weighted by Gasteiger charge is 2.45. The lowest BCUT2D eigenvalue weighted by atomic mass is 9.96. The van der Waals surface area contributed by atoms with Crippen LogP contribution in [0.2, 0.25) is 0 Å². The van der Waals surface area contributed by atoms with Crippen LogP contribution in [0.4, 0.5) is 0 Å². The van der Waals surface area contributed by atoms with E-state index in [0.29, 0.717) is 18.3 Å². The first-order chi connectivity index (χ1) is 8.14. The minimum absolute atomic E-state index is 0.196. The van der Waals surface area contributed by atoms with Crippen LogP contribution in [0, 0.1) is 0 Å². The topological polar surface area (TPSA) is 87.1 Å². The number of nitrogens with one attached hydrogen (secondary N) is 1. The van der Waals surface area contributed by atoms with E-state index < -0.39 is 5.54 Å². The quantitative estimate of drug-likeness (QED) is 0.258. The minimum Gasteiger partial charge on any atom is -0.468 e. The van der Waals surface area contributed by atoms with E-state index in [1.165, 1.54) is 7.11 Å². The fraction of sp³-hybridized carbons (Fsp3) is 0.900. The van der Waals surface area contributed by atoms with Gasteiger partial charge in [0.2, 0.25) is 0 Å². The highest BCUT2D eigenvalue weighted by molar-refractivity contribution is 8.00. The number of rotatable bonds is 6. The van der Waals surface area contributed by atoms with Gasteiger partial charge >= 0.3 is 5.97 Å². The van der Waals surface area contributed by atoms with E-state index in [2.05, 4.69) is 22.3 Å². The number of hydrogen-bond donors (Lipinski definition) is 1. The molecule has 17 heavy (non-hydrogen) atoms. The van der Waals surface area contributed by atoms with Crippen molar-refractivity contribution in [3.63, 3.8) is 0 Å². The number of carbonyl (C=O) groups excluding carboxylic acids is 1. The maximum absolute atomic E-state index is 11.8. The molecular weight excluding hydrogens is 240 g/mol. The normalized spacial score (nSPS) is 27.5. The van der Waals surface area contributed by atoms with Gasteiger partial charge in [-0.2, -0.15) is 11.8 Å². The molecule has 1 saturated heterocycles. The second kappa shape index (κ2) is 6.74. The molecule has 0 aromatic carbocycles. The van der Waals surface area contributed by atoms with Gasteiger partial charge < -0.3 is 10.1 Å². The predicted octanol–water partition coefficient (Wildman–Crippen LogP) is 1.71. The fourth-order valence-corrected chi connectivity index (χ4v) is 3.26. The molecule has 1 fully saturated rings. The van der Waals surface area contributed by atoms with Crippen LogP contribution in [0.1, 0.15) is 19.8 Å². The minimum atomic E-state index is -0.560. The molecule has 2 unspecified atom stereocenters. The van der Waals surface area contributed by atoms with E-state index in [1.807, 2.05) is 0 Å². The first-order valence-electron chi connectivity index (χ1n) is 5.60. The summed E-state index contributed by atoms with van der Waals surface area (Å²) in [7, 11) is 1.42. The Morgan fingerprint density at radius 2 is 2.53 bits per heavy atom. The molecule has 0 saturated carbocycles. The number of esters is 1. The molecule has 2 atom stereocenters. The van der Waals surface area contributed by atoms with Gasteiger partial charge in [0.15, 0.2) is 0 Å². The molecule has 0 aromatic heterocycles. The molecular formula is C10H18N4O2S. The Bertz CT molecular complexity index is 319. The molecule has 0 aliphatic carbocycles. The summed E-state index contributed by atoms with van der Waals surface area (Å²) in [6.07, 6.45) is 1.51. The predicted molar refractivity (Wildman–Crippen MR) is 67.9 cm³/mol. The smallest absolute Gasteiger partial charge is 0.326 e. The maximum Gasteiger partial charge on any atom is 0.326 e. The summed E-state index contributed by atoms with van der Waals surface area (Å²) in [5, 5.41) is 7.17. The van der Waals surface area contributed by atoms with E-state index in [1.54, 1.807) is 11.8 Å². The van der Waals surface area contributed by atoms with Crippen LogP contribution in [0.3, 0.4) is 0 Å². The van der Waals surface area contributed by atoms with Crippen LogP contribution >= 0.6 is 11.8 Å². The van der Waals surface area contributed by atoms with Gasteiger partial charge in [-0.05, 0) is 24.9 Å². The van der Waals surface area contributed by atoms with Gasteiger partial charge in [0, 0.05) is 22.5 Å². The maximum atomic E-state index is 11.8. The third kappa shape index (κ3) is 3.80. The molecule has 1 N–H and O–H groups in total. The van der Waals surface area contributed by atoms with Gasteiger partial charge in [0.25, 0.3) is 0 Å². The molecule has 6 nitrogen and oxygen atoms in total. The molecule has 96 valence electrons. The molecule has 0 aromatic rings. The second-order valence-electron chi connectivity index (χ2n) is 4.13. The first kappa shape index (κ1) is 14.2. The van der Waals surface area contributed by atoms with Crippen LogP contribution in [-0.4, -0.2) is 42.7 Å². The Balaban J connectivity index is 2.48. The van der Waals surface area contributed by atoms with Crippen molar-refractivity contribution in [1.82, 2.24) is 5.32 Å². The average molecular weight is 258 g/mol. The third-order valence-electron chi connectivity index (χ3n) is 2.79. The summed E-state index contributed by atoms with van der Waals surface area (Å²) in [5.41, 5.74) is 7.59. The van der Waals surface area contributed by atoms with E-state index in [4.69, 9.17) is 10.3 Å². The van der Waals surface area contributed by atoms with Crippen molar-refractivity contribution in [2.24, 2.45) is 5.11 Å². The van der Waals surface area contributed by atoms with Crippen molar-refractivity contribution in [1.29, 1.82) is 0 Å². The van der Waals surface area contributed by atoms with Crippen LogP contribution in [0.15, 0.2) is 5.11 Å². The van der Waals surface area contributed by atoms with Crippen LogP contribution in [-0.2, 0) is 9.53 Å². The lowest BCUT2D eigenvalue weighted by Gasteiger charge is -2.26. The average Bonchev–Trinajstić information content (AvgIpc) is 2.71. The molecule has 1 aliphatic heterocycles. The van der Waals surface area contributed by atoms with Crippen molar-refractivity contribution in [3.8, 4) is 0 Å². The van der Waals surface area contributed by atoms with E-state index in [0.717, 1.165) is 18.6 Å². The van der Waals surface area contributed by atoms with Gasteiger partial charge in [0.05, 0.1) is 7.11 Å². The van der Waals surface area contributed by atoms with Gasteiger partial charge in [0.1, 0.15) is 5.54 Å². The molecule has 0 bridgehead atoms. The fourth-order valence-electron chi connectivity index (χ4n) is 1.95. The standard InChI is InChI=1S/C10H18N4O2S/c1-8-6-10(7-17-8,9(15)16-2)12-4-3-5-13-14-11/h8,12H,3-7H2,1-2H3. The van der Waals surface area contributed by atoms with Crippen molar-refractivity contribution in [2.45, 2.75) is 30.6 Å². The number of ether oxygens (including phenoxy) is 1. The first-order valence-corrected chi connectivity index (χ1v) is 6.65. The Hall–Kier alpha value is -0.910. The molecule has 7 heteroatoms. The van der Waals surface area contributed by atoms with Gasteiger partial charge in [-0.3, -0.25) is 4.79 Å². The largest absolute Gasteiger partial charge is 0.468 e. The van der Waals surface area contributed by atoms with Crippen molar-refractivity contribution < 1.29 is 9.53 Å². The lowest BCUT2D eigenvalue weighted by molar-refractivity contribution is -0.147. The van der Waals surface area contributed by atoms with Crippen LogP contribution in [0.5, 0.6) is 0 Å². The lowest BCUT2D eigenvalue weighted by Crippen LogP contribution is -2.53. The number of nitrogens with zero attached hydrogens (tertiary/aromatic N) is 3. The molecule has 0 radical (unpaired) electrons. The van der Waals surface area contributed by atoms with Gasteiger partial charge in [-0.25, -0.2) is 0 Å². The SMILES string of the molecule is COC(=O)C1(NCCCN=[N+]=[N-])CSC(C)C1. The van der Waals surface area contributed by atoms with E-state index in [-0.39, 0.29) is 5.97 Å². The molecule has 1 aliphatic rings. The Kier molecular flexibility index (Phi) is 5.61. The third-order valence-corrected chi connectivity index (χ3v) is 4.18. The highest BCUT2D eigenvalue weighted by Crippen LogP contribution is 2.35. The van der Waals surface area contributed by atoms with Gasteiger partial charge in [-0.1, -0.05) is 12.0 Å². The summed E-state index contributed by atoms with van der Waals surface area (Å²) in [6, 6.07) is 0. The summed E-state index contributed by atoms with van der Waals surface area (Å²) in [6.45, 7) is 3.21. The van der Waals surface area contributed by atoms with Crippen molar-refractivity contribution >= 4 is 17.7 Å².